The van der Waals surface area contributed by atoms with Crippen molar-refractivity contribution < 1.29 is 18.7 Å². The Labute approximate surface area is 179 Å². The third-order valence-corrected chi connectivity index (χ3v) is 4.36. The van der Waals surface area contributed by atoms with Crippen LogP contribution < -0.4 is 15.4 Å². The molecular weight excluding hydrogens is 404 g/mol. The summed E-state index contributed by atoms with van der Waals surface area (Å²) >= 11 is 5.84. The Morgan fingerprint density at radius 3 is 2.47 bits per heavy atom. The molecule has 2 aromatic carbocycles. The van der Waals surface area contributed by atoms with Crippen LogP contribution in [0.4, 0.5) is 0 Å². The first-order valence-corrected chi connectivity index (χ1v) is 9.69. The third kappa shape index (κ3) is 6.25. The van der Waals surface area contributed by atoms with E-state index in [9.17, 15) is 9.59 Å². The number of carbonyl (C=O) groups excluding carboxylic acids is 2. The smallest absolute Gasteiger partial charge is 0.268 e. The fourth-order valence-corrected chi connectivity index (χ4v) is 2.66. The lowest BCUT2D eigenvalue weighted by molar-refractivity contribution is -0.117. The lowest BCUT2D eigenvalue weighted by Crippen LogP contribution is -2.36. The van der Waals surface area contributed by atoms with E-state index in [2.05, 4.69) is 10.6 Å². The van der Waals surface area contributed by atoms with E-state index in [1.807, 2.05) is 19.1 Å². The number of hydrogen-bond donors (Lipinski definition) is 2. The lowest BCUT2D eigenvalue weighted by Gasteiger charge is -2.11. The van der Waals surface area contributed by atoms with Crippen molar-refractivity contribution >= 4 is 29.5 Å². The number of amides is 2. The van der Waals surface area contributed by atoms with E-state index in [-0.39, 0.29) is 24.8 Å². The maximum Gasteiger partial charge on any atom is 0.268 e. The van der Waals surface area contributed by atoms with Crippen LogP contribution in [0.25, 0.3) is 6.08 Å². The number of aryl methyl sites for hydroxylation is 1. The fourth-order valence-electron chi connectivity index (χ4n) is 2.53. The molecular formula is C23H21ClN2O4. The van der Waals surface area contributed by atoms with E-state index in [1.165, 1.54) is 12.3 Å². The quantitative estimate of drug-likeness (QED) is 0.419. The Balaban J connectivity index is 1.61. The van der Waals surface area contributed by atoms with Crippen LogP contribution >= 0.6 is 11.6 Å². The van der Waals surface area contributed by atoms with Gasteiger partial charge in [-0.2, -0.15) is 0 Å². The van der Waals surface area contributed by atoms with Gasteiger partial charge in [-0.05, 0) is 55.5 Å². The Morgan fingerprint density at radius 1 is 1.07 bits per heavy atom. The third-order valence-electron chi connectivity index (χ3n) is 4.11. The number of ether oxygens (including phenoxy) is 1. The van der Waals surface area contributed by atoms with Crippen molar-refractivity contribution in [3.05, 3.63) is 94.5 Å². The van der Waals surface area contributed by atoms with Gasteiger partial charge in [0.2, 0.25) is 0 Å². The summed E-state index contributed by atoms with van der Waals surface area (Å²) in [6.45, 7) is 2.44. The minimum absolute atomic E-state index is 0.0713. The minimum atomic E-state index is -0.452. The van der Waals surface area contributed by atoms with Gasteiger partial charge in [0.15, 0.2) is 0 Å². The van der Waals surface area contributed by atoms with Crippen molar-refractivity contribution in [2.75, 3.05) is 13.2 Å². The predicted molar refractivity (Wildman–Crippen MR) is 115 cm³/mol. The highest BCUT2D eigenvalue weighted by atomic mass is 35.5. The Morgan fingerprint density at radius 2 is 1.80 bits per heavy atom. The molecule has 2 amide bonds. The van der Waals surface area contributed by atoms with Gasteiger partial charge in [0, 0.05) is 16.7 Å². The number of hydrogen-bond acceptors (Lipinski definition) is 4. The molecule has 0 atom stereocenters. The summed E-state index contributed by atoms with van der Waals surface area (Å²) < 4.78 is 10.8. The van der Waals surface area contributed by atoms with Crippen LogP contribution in [0, 0.1) is 6.92 Å². The van der Waals surface area contributed by atoms with E-state index >= 15 is 0 Å². The SMILES string of the molecule is Cc1ccc(C(=O)N/C(=C\c2ccco2)C(=O)NCCOc2ccc(Cl)cc2)cc1. The van der Waals surface area contributed by atoms with Crippen LogP contribution in [-0.2, 0) is 4.79 Å². The number of furan rings is 1. The van der Waals surface area contributed by atoms with Gasteiger partial charge in [-0.3, -0.25) is 9.59 Å². The van der Waals surface area contributed by atoms with Crippen LogP contribution in [0.1, 0.15) is 21.7 Å². The van der Waals surface area contributed by atoms with Gasteiger partial charge in [-0.25, -0.2) is 0 Å². The zero-order valence-electron chi connectivity index (χ0n) is 16.4. The van der Waals surface area contributed by atoms with Crippen molar-refractivity contribution in [2.45, 2.75) is 6.92 Å². The summed E-state index contributed by atoms with van der Waals surface area (Å²) in [4.78, 5) is 25.2. The standard InChI is InChI=1S/C23H21ClN2O4/c1-16-4-6-17(7-5-16)22(27)26-21(15-20-3-2-13-29-20)23(28)25-12-14-30-19-10-8-18(24)9-11-19/h2-11,13,15H,12,14H2,1H3,(H,25,28)(H,26,27)/b21-15-. The number of benzene rings is 2. The normalized spacial score (nSPS) is 11.1. The monoisotopic (exact) mass is 424 g/mol. The molecule has 0 fully saturated rings. The molecule has 0 aliphatic rings. The van der Waals surface area contributed by atoms with Crippen molar-refractivity contribution in [3.63, 3.8) is 0 Å². The predicted octanol–water partition coefficient (Wildman–Crippen LogP) is 4.21. The van der Waals surface area contributed by atoms with Crippen molar-refractivity contribution in [2.24, 2.45) is 0 Å². The van der Waals surface area contributed by atoms with E-state index in [1.54, 1.807) is 48.5 Å². The summed E-state index contributed by atoms with van der Waals surface area (Å²) in [5, 5.41) is 6.00. The van der Waals surface area contributed by atoms with Gasteiger partial charge in [0.25, 0.3) is 11.8 Å². The summed E-state index contributed by atoms with van der Waals surface area (Å²) in [7, 11) is 0. The highest BCUT2D eigenvalue weighted by Gasteiger charge is 2.15. The summed E-state index contributed by atoms with van der Waals surface area (Å²) in [5.41, 5.74) is 1.56. The zero-order chi connectivity index (χ0) is 21.3. The molecule has 154 valence electrons. The van der Waals surface area contributed by atoms with Crippen molar-refractivity contribution in [3.8, 4) is 5.75 Å². The second-order valence-electron chi connectivity index (χ2n) is 6.45. The molecule has 3 rings (SSSR count). The zero-order valence-corrected chi connectivity index (χ0v) is 17.1. The van der Waals surface area contributed by atoms with Crippen molar-refractivity contribution in [1.82, 2.24) is 10.6 Å². The van der Waals surface area contributed by atoms with E-state index in [4.69, 9.17) is 20.8 Å². The highest BCUT2D eigenvalue weighted by Crippen LogP contribution is 2.15. The van der Waals surface area contributed by atoms with Crippen LogP contribution in [-0.4, -0.2) is 25.0 Å². The topological polar surface area (TPSA) is 80.6 Å². The van der Waals surface area contributed by atoms with Gasteiger partial charge in [-0.1, -0.05) is 29.3 Å². The fraction of sp³-hybridized carbons (Fsp3) is 0.130. The number of rotatable bonds is 8. The Bertz CT molecular complexity index is 1010. The molecule has 0 aliphatic carbocycles. The molecule has 30 heavy (non-hydrogen) atoms. The highest BCUT2D eigenvalue weighted by molar-refractivity contribution is 6.30. The van der Waals surface area contributed by atoms with Crippen LogP contribution in [0.3, 0.4) is 0 Å². The number of halogens is 1. The maximum atomic E-state index is 12.6. The molecule has 7 heteroatoms. The van der Waals surface area contributed by atoms with Gasteiger partial charge in [-0.15, -0.1) is 0 Å². The molecule has 0 aliphatic heterocycles. The molecule has 0 spiro atoms. The van der Waals surface area contributed by atoms with Gasteiger partial charge < -0.3 is 19.8 Å². The molecule has 2 N–H and O–H groups in total. The second-order valence-corrected chi connectivity index (χ2v) is 6.89. The molecule has 0 unspecified atom stereocenters. The molecule has 1 aromatic heterocycles. The first-order valence-electron chi connectivity index (χ1n) is 9.31. The first kappa shape index (κ1) is 21.2. The van der Waals surface area contributed by atoms with E-state index in [0.29, 0.717) is 22.1 Å². The molecule has 0 bridgehead atoms. The largest absolute Gasteiger partial charge is 0.492 e. The molecule has 0 radical (unpaired) electrons. The molecule has 3 aromatic rings. The summed E-state index contributed by atoms with van der Waals surface area (Å²) in [6.07, 6.45) is 2.96. The van der Waals surface area contributed by atoms with E-state index < -0.39 is 5.91 Å². The maximum absolute atomic E-state index is 12.6. The van der Waals surface area contributed by atoms with Crippen LogP contribution in [0.15, 0.2) is 77.0 Å². The Kier molecular flexibility index (Phi) is 7.29. The van der Waals surface area contributed by atoms with Gasteiger partial charge in [0.1, 0.15) is 23.8 Å². The average Bonchev–Trinajstić information content (AvgIpc) is 3.25. The van der Waals surface area contributed by atoms with Gasteiger partial charge >= 0.3 is 0 Å². The Hall–Kier alpha value is -3.51. The summed E-state index contributed by atoms with van der Waals surface area (Å²) in [6, 6.07) is 17.4. The van der Waals surface area contributed by atoms with Gasteiger partial charge in [0.05, 0.1) is 12.8 Å². The number of carbonyl (C=O) groups is 2. The first-order chi connectivity index (χ1) is 14.5. The molecule has 0 saturated carbocycles. The molecule has 6 nitrogen and oxygen atoms in total. The van der Waals surface area contributed by atoms with Crippen LogP contribution in [0.5, 0.6) is 5.75 Å². The average molecular weight is 425 g/mol. The van der Waals surface area contributed by atoms with E-state index in [0.717, 1.165) is 5.56 Å². The summed E-state index contributed by atoms with van der Waals surface area (Å²) in [5.74, 6) is 0.251. The van der Waals surface area contributed by atoms with Crippen LogP contribution in [0.2, 0.25) is 5.02 Å². The number of nitrogens with one attached hydrogen (secondary N) is 2. The molecule has 0 saturated heterocycles. The minimum Gasteiger partial charge on any atom is -0.492 e. The lowest BCUT2D eigenvalue weighted by atomic mass is 10.1. The van der Waals surface area contributed by atoms with Crippen molar-refractivity contribution in [1.29, 1.82) is 0 Å². The second kappa shape index (κ2) is 10.3. The molecule has 1 heterocycles.